The molecule has 0 bridgehead atoms. The number of carbonyl (C=O) groups is 2. The maximum Gasteiger partial charge on any atom is 0.317 e. The van der Waals surface area contributed by atoms with Crippen molar-refractivity contribution < 1.29 is 14.7 Å². The summed E-state index contributed by atoms with van der Waals surface area (Å²) >= 11 is 0. The number of hydrogen-bond acceptors (Lipinski definition) is 2. The molecule has 1 aromatic rings. The van der Waals surface area contributed by atoms with E-state index in [9.17, 15) is 9.59 Å². The van der Waals surface area contributed by atoms with Gasteiger partial charge in [-0.25, -0.2) is 4.79 Å². The molecular formula is C16H22N2O3. The fraction of sp³-hybridized carbons (Fsp3) is 0.500. The molecule has 0 aromatic heterocycles. The van der Waals surface area contributed by atoms with E-state index in [-0.39, 0.29) is 11.9 Å². The average Bonchev–Trinajstić information content (AvgIpc) is 2.50. The van der Waals surface area contributed by atoms with Gasteiger partial charge < -0.3 is 15.3 Å². The van der Waals surface area contributed by atoms with Gasteiger partial charge in [-0.1, -0.05) is 31.2 Å². The molecule has 0 aliphatic carbocycles. The summed E-state index contributed by atoms with van der Waals surface area (Å²) in [6.07, 6.45) is 2.15. The molecule has 21 heavy (non-hydrogen) atoms. The van der Waals surface area contributed by atoms with Gasteiger partial charge >= 0.3 is 12.0 Å². The van der Waals surface area contributed by atoms with Gasteiger partial charge in [-0.2, -0.15) is 0 Å². The zero-order chi connectivity index (χ0) is 15.2. The van der Waals surface area contributed by atoms with Gasteiger partial charge in [0.25, 0.3) is 0 Å². The lowest BCUT2D eigenvalue weighted by Crippen LogP contribution is -2.43. The van der Waals surface area contributed by atoms with Crippen LogP contribution in [0.2, 0.25) is 0 Å². The molecule has 1 unspecified atom stereocenters. The van der Waals surface area contributed by atoms with Gasteiger partial charge in [0.2, 0.25) is 0 Å². The van der Waals surface area contributed by atoms with E-state index in [1.807, 2.05) is 17.0 Å². The van der Waals surface area contributed by atoms with Gasteiger partial charge in [-0.3, -0.25) is 4.79 Å². The van der Waals surface area contributed by atoms with Crippen LogP contribution in [0.1, 0.15) is 30.9 Å². The van der Waals surface area contributed by atoms with Crippen LogP contribution in [0.15, 0.2) is 24.3 Å². The van der Waals surface area contributed by atoms with Crippen molar-refractivity contribution in [1.82, 2.24) is 10.2 Å². The molecule has 0 fully saturated rings. The maximum absolute atomic E-state index is 12.1. The topological polar surface area (TPSA) is 69.6 Å². The van der Waals surface area contributed by atoms with E-state index >= 15 is 0 Å². The summed E-state index contributed by atoms with van der Waals surface area (Å²) in [4.78, 5) is 24.6. The summed E-state index contributed by atoms with van der Waals surface area (Å²) in [5.74, 6) is -1.14. The van der Waals surface area contributed by atoms with Crippen molar-refractivity contribution in [3.63, 3.8) is 0 Å². The molecule has 1 aliphatic rings. The zero-order valence-corrected chi connectivity index (χ0v) is 12.3. The van der Waals surface area contributed by atoms with Gasteiger partial charge in [-0.15, -0.1) is 0 Å². The number of carboxylic acids is 1. The number of nitrogens with one attached hydrogen (secondary N) is 1. The summed E-state index contributed by atoms with van der Waals surface area (Å²) < 4.78 is 0. The first-order valence-electron chi connectivity index (χ1n) is 7.40. The van der Waals surface area contributed by atoms with Crippen molar-refractivity contribution in [3.05, 3.63) is 35.4 Å². The molecule has 0 spiro atoms. The maximum atomic E-state index is 12.1. The number of hydrogen-bond donors (Lipinski definition) is 2. The molecule has 2 rings (SSSR count). The third-order valence-corrected chi connectivity index (χ3v) is 3.93. The monoisotopic (exact) mass is 290 g/mol. The summed E-state index contributed by atoms with van der Waals surface area (Å²) in [5, 5.41) is 11.7. The Balaban J connectivity index is 1.74. The highest BCUT2D eigenvalue weighted by atomic mass is 16.4. The Labute approximate surface area is 125 Å². The first kappa shape index (κ1) is 15.4. The average molecular weight is 290 g/mol. The smallest absolute Gasteiger partial charge is 0.317 e. The van der Waals surface area contributed by atoms with E-state index in [2.05, 4.69) is 17.4 Å². The molecule has 5 nitrogen and oxygen atoms in total. The van der Waals surface area contributed by atoms with Crippen molar-refractivity contribution in [2.24, 2.45) is 5.92 Å². The fourth-order valence-electron chi connectivity index (χ4n) is 2.51. The molecular weight excluding hydrogens is 268 g/mol. The second-order valence-corrected chi connectivity index (χ2v) is 5.55. The van der Waals surface area contributed by atoms with Gasteiger partial charge in [0, 0.05) is 19.6 Å². The number of urea groups is 1. The molecule has 114 valence electrons. The Morgan fingerprint density at radius 1 is 1.33 bits per heavy atom. The summed E-state index contributed by atoms with van der Waals surface area (Å²) in [6.45, 7) is 3.59. The molecule has 1 aromatic carbocycles. The van der Waals surface area contributed by atoms with Gasteiger partial charge in [0.05, 0.1) is 5.92 Å². The standard InChI is InChI=1S/C16H22N2O3/c1-12(15(19)20)5-4-9-17-16(21)18-10-8-13-6-2-3-7-14(13)11-18/h2-3,6-7,12H,4-5,8-11H2,1H3,(H,17,21)(H,19,20). The van der Waals surface area contributed by atoms with Crippen molar-refractivity contribution in [2.45, 2.75) is 32.7 Å². The van der Waals surface area contributed by atoms with Crippen molar-refractivity contribution in [2.75, 3.05) is 13.1 Å². The van der Waals surface area contributed by atoms with Crippen LogP contribution in [0, 0.1) is 5.92 Å². The number of carboxylic acid groups (broad SMARTS) is 1. The first-order chi connectivity index (χ1) is 10.1. The SMILES string of the molecule is CC(CCCNC(=O)N1CCc2ccccc2C1)C(=O)O. The normalized spacial score (nSPS) is 15.2. The van der Waals surface area contributed by atoms with Crippen LogP contribution in [0.5, 0.6) is 0 Å². The minimum Gasteiger partial charge on any atom is -0.481 e. The lowest BCUT2D eigenvalue weighted by molar-refractivity contribution is -0.141. The predicted molar refractivity (Wildman–Crippen MR) is 80.0 cm³/mol. The third-order valence-electron chi connectivity index (χ3n) is 3.93. The van der Waals surface area contributed by atoms with E-state index in [1.54, 1.807) is 6.92 Å². The van der Waals surface area contributed by atoms with Crippen LogP contribution in [-0.4, -0.2) is 35.1 Å². The van der Waals surface area contributed by atoms with Gasteiger partial charge in [-0.05, 0) is 30.4 Å². The Morgan fingerprint density at radius 2 is 2.05 bits per heavy atom. The largest absolute Gasteiger partial charge is 0.481 e. The van der Waals surface area contributed by atoms with Crippen LogP contribution in [0.4, 0.5) is 4.79 Å². The number of fused-ring (bicyclic) bond motifs is 1. The van der Waals surface area contributed by atoms with Gasteiger partial charge in [0.15, 0.2) is 0 Å². The van der Waals surface area contributed by atoms with Crippen molar-refractivity contribution >= 4 is 12.0 Å². The molecule has 0 saturated carbocycles. The van der Waals surface area contributed by atoms with Crippen LogP contribution >= 0.6 is 0 Å². The highest BCUT2D eigenvalue weighted by Gasteiger charge is 2.19. The Morgan fingerprint density at radius 3 is 2.76 bits per heavy atom. The third kappa shape index (κ3) is 4.21. The Bertz CT molecular complexity index is 516. The number of nitrogens with zero attached hydrogens (tertiary/aromatic N) is 1. The predicted octanol–water partition coefficient (Wildman–Crippen LogP) is 2.26. The van der Waals surface area contributed by atoms with Crippen molar-refractivity contribution in [3.8, 4) is 0 Å². The number of carbonyl (C=O) groups excluding carboxylic acids is 1. The molecule has 2 N–H and O–H groups in total. The molecule has 1 atom stereocenters. The first-order valence-corrected chi connectivity index (χ1v) is 7.40. The van der Waals surface area contributed by atoms with Gasteiger partial charge in [0.1, 0.15) is 0 Å². The van der Waals surface area contributed by atoms with Crippen LogP contribution in [0.3, 0.4) is 0 Å². The lowest BCUT2D eigenvalue weighted by atomic mass is 10.0. The lowest BCUT2D eigenvalue weighted by Gasteiger charge is -2.29. The minimum absolute atomic E-state index is 0.0625. The van der Waals surface area contributed by atoms with Crippen molar-refractivity contribution in [1.29, 1.82) is 0 Å². The number of rotatable bonds is 5. The molecule has 1 heterocycles. The summed E-state index contributed by atoms with van der Waals surface area (Å²) in [7, 11) is 0. The zero-order valence-electron chi connectivity index (χ0n) is 12.3. The number of amides is 2. The second kappa shape index (κ2) is 7.11. The fourth-order valence-corrected chi connectivity index (χ4v) is 2.51. The molecule has 5 heteroatoms. The summed E-state index contributed by atoms with van der Waals surface area (Å²) in [5.41, 5.74) is 2.52. The highest BCUT2D eigenvalue weighted by molar-refractivity contribution is 5.74. The second-order valence-electron chi connectivity index (χ2n) is 5.55. The quantitative estimate of drug-likeness (QED) is 0.817. The van der Waals surface area contributed by atoms with Crippen LogP contribution < -0.4 is 5.32 Å². The summed E-state index contributed by atoms with van der Waals surface area (Å²) in [6, 6.07) is 8.12. The number of benzene rings is 1. The Hall–Kier alpha value is -2.04. The van der Waals surface area contributed by atoms with E-state index in [4.69, 9.17) is 5.11 Å². The van der Waals surface area contributed by atoms with E-state index in [0.29, 0.717) is 25.9 Å². The van der Waals surface area contributed by atoms with Crippen LogP contribution in [0.25, 0.3) is 0 Å². The number of aliphatic carboxylic acids is 1. The van der Waals surface area contributed by atoms with Crippen LogP contribution in [-0.2, 0) is 17.8 Å². The molecule has 0 radical (unpaired) electrons. The molecule has 1 aliphatic heterocycles. The van der Waals surface area contributed by atoms with E-state index < -0.39 is 5.97 Å². The molecule has 0 saturated heterocycles. The Kier molecular flexibility index (Phi) is 5.20. The highest BCUT2D eigenvalue weighted by Crippen LogP contribution is 2.18. The minimum atomic E-state index is -0.783. The molecule has 2 amide bonds. The van der Waals surface area contributed by atoms with E-state index in [1.165, 1.54) is 11.1 Å². The van der Waals surface area contributed by atoms with E-state index in [0.717, 1.165) is 13.0 Å².